The molecule has 0 unspecified atom stereocenters. The minimum Gasteiger partial charge on any atom is -0.310 e. The Hall–Kier alpha value is -1.39. The summed E-state index contributed by atoms with van der Waals surface area (Å²) in [6.45, 7) is 4.05. The molecule has 0 radical (unpaired) electrons. The lowest BCUT2D eigenvalue weighted by molar-refractivity contribution is -0.117. The molecule has 1 fully saturated rings. The highest BCUT2D eigenvalue weighted by atomic mass is 16.2. The van der Waals surface area contributed by atoms with E-state index >= 15 is 0 Å². The van der Waals surface area contributed by atoms with Crippen LogP contribution in [0.4, 0.5) is 5.69 Å². The van der Waals surface area contributed by atoms with Crippen LogP contribution in [-0.2, 0) is 11.3 Å². The van der Waals surface area contributed by atoms with Crippen LogP contribution < -0.4 is 10.2 Å². The van der Waals surface area contributed by atoms with E-state index < -0.39 is 0 Å². The third-order valence-corrected chi connectivity index (χ3v) is 4.14. The lowest BCUT2D eigenvalue weighted by Gasteiger charge is -2.23. The van der Waals surface area contributed by atoms with Crippen molar-refractivity contribution >= 4 is 11.6 Å². The zero-order valence-electron chi connectivity index (χ0n) is 12.1. The van der Waals surface area contributed by atoms with Gasteiger partial charge in [-0.15, -0.1) is 0 Å². The summed E-state index contributed by atoms with van der Waals surface area (Å²) in [4.78, 5) is 16.7. The molecule has 1 amide bonds. The number of amides is 1. The van der Waals surface area contributed by atoms with Crippen molar-refractivity contribution in [1.82, 2.24) is 10.2 Å². The zero-order chi connectivity index (χ0) is 13.9. The van der Waals surface area contributed by atoms with Gasteiger partial charge in [-0.05, 0) is 44.0 Å². The summed E-state index contributed by atoms with van der Waals surface area (Å²) in [7, 11) is 2.11. The highest BCUT2D eigenvalue weighted by Gasteiger charge is 2.24. The van der Waals surface area contributed by atoms with Crippen molar-refractivity contribution in [3.63, 3.8) is 0 Å². The van der Waals surface area contributed by atoms with Crippen molar-refractivity contribution in [3.8, 4) is 0 Å². The van der Waals surface area contributed by atoms with Crippen LogP contribution in [0.1, 0.15) is 18.4 Å². The highest BCUT2D eigenvalue weighted by molar-refractivity contribution is 5.95. The second kappa shape index (κ2) is 5.94. The molecule has 1 aliphatic heterocycles. The van der Waals surface area contributed by atoms with Crippen LogP contribution >= 0.6 is 0 Å². The molecule has 3 rings (SSSR count). The van der Waals surface area contributed by atoms with Crippen molar-refractivity contribution < 1.29 is 4.79 Å². The molecule has 0 aromatic heterocycles. The fourth-order valence-electron chi connectivity index (χ4n) is 2.73. The van der Waals surface area contributed by atoms with Gasteiger partial charge in [-0.3, -0.25) is 4.79 Å². The van der Waals surface area contributed by atoms with Crippen LogP contribution in [0, 0.1) is 5.92 Å². The van der Waals surface area contributed by atoms with Gasteiger partial charge in [-0.1, -0.05) is 18.2 Å². The van der Waals surface area contributed by atoms with Gasteiger partial charge in [-0.2, -0.15) is 0 Å². The number of rotatable bonds is 4. The SMILES string of the molecule is CN1CCN(C(=O)CNCC2CC2)c2ccccc2C1. The van der Waals surface area contributed by atoms with Crippen molar-refractivity contribution in [2.75, 3.05) is 38.1 Å². The van der Waals surface area contributed by atoms with Crippen LogP contribution in [0.15, 0.2) is 24.3 Å². The van der Waals surface area contributed by atoms with Gasteiger partial charge < -0.3 is 15.1 Å². The second-order valence-corrected chi connectivity index (χ2v) is 5.99. The molecule has 1 heterocycles. The van der Waals surface area contributed by atoms with E-state index in [1.807, 2.05) is 17.0 Å². The third-order valence-electron chi connectivity index (χ3n) is 4.14. The third kappa shape index (κ3) is 3.19. The number of hydrogen-bond acceptors (Lipinski definition) is 3. The van der Waals surface area contributed by atoms with Gasteiger partial charge in [0.1, 0.15) is 0 Å². The number of carbonyl (C=O) groups is 1. The van der Waals surface area contributed by atoms with Crippen LogP contribution in [0.5, 0.6) is 0 Å². The maximum Gasteiger partial charge on any atom is 0.240 e. The fraction of sp³-hybridized carbons (Fsp3) is 0.562. The Balaban J connectivity index is 1.69. The highest BCUT2D eigenvalue weighted by Crippen LogP contribution is 2.27. The maximum atomic E-state index is 12.5. The summed E-state index contributed by atoms with van der Waals surface area (Å²) in [6, 6.07) is 8.25. The normalized spacial score (nSPS) is 19.6. The molecule has 1 N–H and O–H groups in total. The summed E-state index contributed by atoms with van der Waals surface area (Å²) in [5.41, 5.74) is 2.32. The molecule has 1 aromatic carbocycles. The fourth-order valence-corrected chi connectivity index (χ4v) is 2.73. The first-order valence-corrected chi connectivity index (χ1v) is 7.51. The molecule has 0 bridgehead atoms. The monoisotopic (exact) mass is 273 g/mol. The van der Waals surface area contributed by atoms with E-state index in [0.29, 0.717) is 6.54 Å². The molecular formula is C16H23N3O. The number of nitrogens with zero attached hydrogens (tertiary/aromatic N) is 2. The first-order chi connectivity index (χ1) is 9.74. The van der Waals surface area contributed by atoms with Crippen molar-refractivity contribution in [3.05, 3.63) is 29.8 Å². The molecule has 0 atom stereocenters. The van der Waals surface area contributed by atoms with Crippen molar-refractivity contribution in [2.45, 2.75) is 19.4 Å². The Kier molecular flexibility index (Phi) is 4.03. The lowest BCUT2D eigenvalue weighted by atomic mass is 10.1. The lowest BCUT2D eigenvalue weighted by Crippen LogP contribution is -2.41. The Morgan fingerprint density at radius 1 is 1.30 bits per heavy atom. The molecule has 1 aromatic rings. The summed E-state index contributed by atoms with van der Waals surface area (Å²) in [5.74, 6) is 0.999. The molecule has 0 saturated heterocycles. The van der Waals surface area contributed by atoms with Crippen molar-refractivity contribution in [2.24, 2.45) is 5.92 Å². The topological polar surface area (TPSA) is 35.6 Å². The molecule has 2 aliphatic rings. The van der Waals surface area contributed by atoms with Gasteiger partial charge in [0.05, 0.1) is 6.54 Å². The predicted molar refractivity (Wildman–Crippen MR) is 80.7 cm³/mol. The molecular weight excluding hydrogens is 250 g/mol. The van der Waals surface area contributed by atoms with E-state index in [9.17, 15) is 4.79 Å². The van der Waals surface area contributed by atoms with Gasteiger partial charge in [0.2, 0.25) is 5.91 Å². The summed E-state index contributed by atoms with van der Waals surface area (Å²) in [5, 5.41) is 3.30. The Bertz CT molecular complexity index is 484. The quantitative estimate of drug-likeness (QED) is 0.902. The summed E-state index contributed by atoms with van der Waals surface area (Å²) < 4.78 is 0. The predicted octanol–water partition coefficient (Wildman–Crippen LogP) is 1.46. The van der Waals surface area contributed by atoms with E-state index in [1.165, 1.54) is 18.4 Å². The van der Waals surface area contributed by atoms with Crippen LogP contribution in [-0.4, -0.2) is 44.0 Å². The van der Waals surface area contributed by atoms with E-state index in [4.69, 9.17) is 0 Å². The van der Waals surface area contributed by atoms with Crippen LogP contribution in [0.25, 0.3) is 0 Å². The Labute approximate surface area is 120 Å². The molecule has 0 spiro atoms. The molecule has 4 nitrogen and oxygen atoms in total. The van der Waals surface area contributed by atoms with Gasteiger partial charge in [0.15, 0.2) is 0 Å². The first kappa shape index (κ1) is 13.6. The molecule has 1 aliphatic carbocycles. The number of hydrogen-bond donors (Lipinski definition) is 1. The van der Waals surface area contributed by atoms with Gasteiger partial charge in [0.25, 0.3) is 0 Å². The van der Waals surface area contributed by atoms with Gasteiger partial charge >= 0.3 is 0 Å². The van der Waals surface area contributed by atoms with E-state index in [0.717, 1.165) is 37.8 Å². The van der Waals surface area contributed by atoms with Crippen LogP contribution in [0.3, 0.4) is 0 Å². The second-order valence-electron chi connectivity index (χ2n) is 5.99. The number of carbonyl (C=O) groups excluding carboxylic acids is 1. The number of benzene rings is 1. The zero-order valence-corrected chi connectivity index (χ0v) is 12.1. The molecule has 4 heteroatoms. The van der Waals surface area contributed by atoms with Crippen LogP contribution in [0.2, 0.25) is 0 Å². The summed E-state index contributed by atoms with van der Waals surface area (Å²) in [6.07, 6.45) is 2.64. The van der Waals surface area contributed by atoms with E-state index in [2.05, 4.69) is 29.4 Å². The first-order valence-electron chi connectivity index (χ1n) is 7.51. The minimum atomic E-state index is 0.188. The number of likely N-dealkylation sites (N-methyl/N-ethyl adjacent to an activating group) is 1. The molecule has 1 saturated carbocycles. The van der Waals surface area contributed by atoms with E-state index in [-0.39, 0.29) is 5.91 Å². The Morgan fingerprint density at radius 2 is 2.10 bits per heavy atom. The number of fused-ring (bicyclic) bond motifs is 1. The summed E-state index contributed by atoms with van der Waals surface area (Å²) >= 11 is 0. The number of anilines is 1. The standard InChI is InChI=1S/C16H23N3O/c1-18-8-9-19(15-5-3-2-4-14(15)12-18)16(20)11-17-10-13-6-7-13/h2-5,13,17H,6-12H2,1H3. The average Bonchev–Trinajstić information content (AvgIpc) is 3.25. The molecule has 108 valence electrons. The number of para-hydroxylation sites is 1. The van der Waals surface area contributed by atoms with Gasteiger partial charge in [0, 0.05) is 25.3 Å². The average molecular weight is 273 g/mol. The molecule has 20 heavy (non-hydrogen) atoms. The smallest absolute Gasteiger partial charge is 0.240 e. The minimum absolute atomic E-state index is 0.188. The van der Waals surface area contributed by atoms with Gasteiger partial charge in [-0.25, -0.2) is 0 Å². The van der Waals surface area contributed by atoms with Crippen molar-refractivity contribution in [1.29, 1.82) is 0 Å². The number of nitrogens with one attached hydrogen (secondary N) is 1. The maximum absolute atomic E-state index is 12.5. The van der Waals surface area contributed by atoms with E-state index in [1.54, 1.807) is 0 Å². The largest absolute Gasteiger partial charge is 0.310 e. The Morgan fingerprint density at radius 3 is 2.90 bits per heavy atom.